The van der Waals surface area contributed by atoms with Gasteiger partial charge in [0.2, 0.25) is 10.4 Å². The molecule has 3 aromatic carbocycles. The molecular formula is C19H16O4S2. The number of benzene rings is 3. The van der Waals surface area contributed by atoms with Crippen LogP contribution in [0.4, 0.5) is 0 Å². The Bertz CT molecular complexity index is 1050. The van der Waals surface area contributed by atoms with Crippen LogP contribution < -0.4 is 0 Å². The minimum atomic E-state index is -4.41. The number of thiophene rings is 1. The van der Waals surface area contributed by atoms with Crippen molar-refractivity contribution in [2.75, 3.05) is 7.11 Å². The molecule has 0 aliphatic carbocycles. The Morgan fingerprint density at radius 1 is 0.760 bits per heavy atom. The highest BCUT2D eigenvalue weighted by Gasteiger charge is 2.22. The molecule has 4 nitrogen and oxygen atoms in total. The van der Waals surface area contributed by atoms with Gasteiger partial charge in [-0.3, -0.25) is 4.18 Å². The molecule has 128 valence electrons. The van der Waals surface area contributed by atoms with Gasteiger partial charge in [0.05, 0.1) is 7.11 Å². The van der Waals surface area contributed by atoms with E-state index in [1.165, 1.54) is 25.1 Å². The third-order valence-corrected chi connectivity index (χ3v) is 6.43. The fourth-order valence-electron chi connectivity index (χ4n) is 2.66. The lowest BCUT2D eigenvalue weighted by atomic mass is 10.2. The Morgan fingerprint density at radius 2 is 1.16 bits per heavy atom. The predicted molar refractivity (Wildman–Crippen MR) is 102 cm³/mol. The van der Waals surface area contributed by atoms with E-state index in [0.717, 1.165) is 7.11 Å². The van der Waals surface area contributed by atoms with E-state index < -0.39 is 10.4 Å². The van der Waals surface area contributed by atoms with E-state index in [1.807, 2.05) is 0 Å². The van der Waals surface area contributed by atoms with Crippen molar-refractivity contribution in [3.05, 3.63) is 78.9 Å². The van der Waals surface area contributed by atoms with Crippen LogP contribution in [-0.4, -0.2) is 20.1 Å². The van der Waals surface area contributed by atoms with E-state index in [1.54, 1.807) is 0 Å². The third kappa shape index (κ3) is 3.88. The van der Waals surface area contributed by atoms with Crippen LogP contribution in [0.2, 0.25) is 0 Å². The summed E-state index contributed by atoms with van der Waals surface area (Å²) in [4.78, 5) is 1.40. The normalized spacial score (nSPS) is 11.3. The molecule has 0 atom stereocenters. The average molecular weight is 372 g/mol. The lowest BCUT2D eigenvalue weighted by Crippen LogP contribution is -1.97. The van der Waals surface area contributed by atoms with E-state index >= 15 is 0 Å². The minimum absolute atomic E-state index is 0.0594. The molecule has 0 amide bonds. The first-order valence-corrected chi connectivity index (χ1v) is 10.1. The van der Waals surface area contributed by atoms with Crippen LogP contribution in [-0.2, 0) is 14.6 Å². The van der Waals surface area contributed by atoms with Crippen molar-refractivity contribution in [2.24, 2.45) is 0 Å². The van der Waals surface area contributed by atoms with Gasteiger partial charge in [-0.1, -0.05) is 42.5 Å². The molecule has 0 fully saturated rings. The first kappa shape index (κ1) is 17.6. The molecule has 6 heteroatoms. The highest BCUT2D eigenvalue weighted by atomic mass is 32.3. The smallest absolute Gasteiger partial charge is 0.217 e. The zero-order valence-electron chi connectivity index (χ0n) is 13.5. The van der Waals surface area contributed by atoms with Gasteiger partial charge in [-0.2, -0.15) is 0 Å². The largest absolute Gasteiger partial charge is 0.726 e. The molecule has 4 rings (SSSR count). The van der Waals surface area contributed by atoms with Gasteiger partial charge in [-0.15, -0.1) is 0 Å². The van der Waals surface area contributed by atoms with E-state index in [0.29, 0.717) is 0 Å². The quantitative estimate of drug-likeness (QED) is 0.287. The summed E-state index contributed by atoms with van der Waals surface area (Å²) >= 11 is 0. The van der Waals surface area contributed by atoms with Gasteiger partial charge in [0, 0.05) is 21.2 Å². The molecule has 1 aromatic heterocycles. The fraction of sp³-hybridized carbons (Fsp3) is 0.0526. The van der Waals surface area contributed by atoms with Gasteiger partial charge in [0.25, 0.3) is 0 Å². The van der Waals surface area contributed by atoms with Gasteiger partial charge in [-0.25, -0.2) is 8.42 Å². The van der Waals surface area contributed by atoms with Gasteiger partial charge < -0.3 is 4.55 Å². The molecule has 0 aliphatic rings. The number of rotatable bonds is 2. The molecule has 0 spiro atoms. The topological polar surface area (TPSA) is 66.4 Å². The van der Waals surface area contributed by atoms with Crippen molar-refractivity contribution >= 4 is 41.0 Å². The van der Waals surface area contributed by atoms with E-state index in [-0.39, 0.29) is 10.5 Å². The summed E-state index contributed by atoms with van der Waals surface area (Å²) in [6.45, 7) is 0. The van der Waals surface area contributed by atoms with Crippen molar-refractivity contribution in [1.29, 1.82) is 0 Å². The Kier molecular flexibility index (Phi) is 5.15. The maximum absolute atomic E-state index is 9.22. The molecule has 0 saturated carbocycles. The van der Waals surface area contributed by atoms with Crippen molar-refractivity contribution in [1.82, 2.24) is 0 Å². The molecule has 25 heavy (non-hydrogen) atoms. The van der Waals surface area contributed by atoms with Gasteiger partial charge in [-0.05, 0) is 36.4 Å². The van der Waals surface area contributed by atoms with E-state index in [2.05, 4.69) is 83.0 Å². The summed E-state index contributed by atoms with van der Waals surface area (Å²) in [5.41, 5.74) is 0. The molecular weight excluding hydrogens is 356 g/mol. The maximum atomic E-state index is 9.22. The van der Waals surface area contributed by atoms with Crippen molar-refractivity contribution in [3.63, 3.8) is 0 Å². The van der Waals surface area contributed by atoms with Crippen LogP contribution >= 0.6 is 10.5 Å². The van der Waals surface area contributed by atoms with E-state index in [9.17, 15) is 13.0 Å². The number of hydrogen-bond acceptors (Lipinski definition) is 4. The Morgan fingerprint density at radius 3 is 1.60 bits per heavy atom. The van der Waals surface area contributed by atoms with Crippen molar-refractivity contribution in [3.8, 4) is 4.90 Å². The molecule has 4 aromatic rings. The molecule has 0 aliphatic heterocycles. The first-order valence-electron chi connectivity index (χ1n) is 7.50. The molecule has 0 N–H and O–H groups in total. The fourth-order valence-corrected chi connectivity index (χ4v) is 5.06. The predicted octanol–water partition coefficient (Wildman–Crippen LogP) is 4.82. The highest BCUT2D eigenvalue weighted by Crippen LogP contribution is 2.47. The summed E-state index contributed by atoms with van der Waals surface area (Å²) < 4.78 is 33.9. The van der Waals surface area contributed by atoms with Crippen LogP contribution in [0.1, 0.15) is 0 Å². The van der Waals surface area contributed by atoms with Crippen molar-refractivity contribution in [2.45, 2.75) is 0 Å². The summed E-state index contributed by atoms with van der Waals surface area (Å²) in [5, 5.41) is 2.79. The van der Waals surface area contributed by atoms with Crippen molar-refractivity contribution < 1.29 is 17.2 Å². The summed E-state index contributed by atoms with van der Waals surface area (Å²) in [6.07, 6.45) is 0. The second kappa shape index (κ2) is 7.33. The Balaban J connectivity index is 0.000000265. The molecule has 0 bridgehead atoms. The van der Waals surface area contributed by atoms with Crippen LogP contribution in [0.3, 0.4) is 0 Å². The van der Waals surface area contributed by atoms with Crippen LogP contribution in [0.5, 0.6) is 0 Å². The number of fused-ring (bicyclic) bond motifs is 3. The summed E-state index contributed by atoms with van der Waals surface area (Å²) in [6, 6.07) is 28.4. The maximum Gasteiger partial charge on any atom is 0.217 e. The highest BCUT2D eigenvalue weighted by molar-refractivity contribution is 7.80. The zero-order valence-corrected chi connectivity index (χ0v) is 15.1. The van der Waals surface area contributed by atoms with Crippen LogP contribution in [0.25, 0.3) is 25.1 Å². The molecule has 0 saturated heterocycles. The lowest BCUT2D eigenvalue weighted by molar-refractivity contribution is 0.314. The molecule has 0 radical (unpaired) electrons. The zero-order chi connectivity index (χ0) is 17.9. The lowest BCUT2D eigenvalue weighted by Gasteiger charge is -1.98. The van der Waals surface area contributed by atoms with Crippen LogP contribution in [0, 0.1) is 0 Å². The monoisotopic (exact) mass is 372 g/mol. The second-order valence-electron chi connectivity index (χ2n) is 5.19. The third-order valence-electron chi connectivity index (χ3n) is 3.69. The van der Waals surface area contributed by atoms with Gasteiger partial charge >= 0.3 is 0 Å². The Hall–Kier alpha value is -2.25. The molecule has 0 unspecified atom stereocenters. The number of hydrogen-bond donors (Lipinski definition) is 0. The van der Waals surface area contributed by atoms with Crippen LogP contribution in [0.15, 0.2) is 78.9 Å². The van der Waals surface area contributed by atoms with E-state index in [4.69, 9.17) is 0 Å². The average Bonchev–Trinajstić information content (AvgIpc) is 2.97. The SMILES string of the molecule is COS(=O)(=O)[O-].c1ccc(-[s+]2c3ccccc3c3ccccc32)cc1. The molecule has 1 heterocycles. The summed E-state index contributed by atoms with van der Waals surface area (Å²) in [7, 11) is -3.54. The second-order valence-corrected chi connectivity index (χ2v) is 8.30. The summed E-state index contributed by atoms with van der Waals surface area (Å²) in [5.74, 6) is 0. The van der Waals surface area contributed by atoms with Gasteiger partial charge in [0.15, 0.2) is 14.3 Å². The first-order chi connectivity index (χ1) is 12.0. The standard InChI is InChI=1S/C18H13S.CH4O4S/c1-2-8-14(9-3-1)19-17-12-6-4-10-15(17)16-11-5-7-13-18(16)19;1-5-6(2,3)4/h1-13H;1H3,(H,2,3,4)/q+1;/p-1. The van der Waals surface area contributed by atoms with Gasteiger partial charge in [0.1, 0.15) is 0 Å². The Labute approximate surface area is 149 Å². The minimum Gasteiger partial charge on any atom is -0.726 e.